The average molecular weight is 351 g/mol. The van der Waals surface area contributed by atoms with Crippen LogP contribution >= 0.6 is 40.4 Å². The van der Waals surface area contributed by atoms with Crippen LogP contribution in [0.5, 0.6) is 0 Å². The van der Waals surface area contributed by atoms with Gasteiger partial charge in [-0.25, -0.2) is 9.97 Å². The highest BCUT2D eigenvalue weighted by Crippen LogP contribution is 2.49. The van der Waals surface area contributed by atoms with Crippen molar-refractivity contribution in [3.63, 3.8) is 0 Å². The number of nitrogens with zero attached hydrogens (tertiary/aromatic N) is 2. The molecule has 0 aliphatic carbocycles. The predicted octanol–water partition coefficient (Wildman–Crippen LogP) is 4.37. The number of aromatic nitrogens is 2. The second-order valence-electron chi connectivity index (χ2n) is 4.54. The van der Waals surface area contributed by atoms with Gasteiger partial charge in [0.15, 0.2) is 0 Å². The lowest BCUT2D eigenvalue weighted by Crippen LogP contribution is -2.11. The Kier molecular flexibility index (Phi) is 3.12. The molecule has 4 aromatic rings. The van der Waals surface area contributed by atoms with Crippen molar-refractivity contribution in [3.8, 4) is 0 Å². The third-order valence-corrected chi connectivity index (χ3v) is 7.93. The van der Waals surface area contributed by atoms with E-state index in [1.54, 1.807) is 23.2 Å². The summed E-state index contributed by atoms with van der Waals surface area (Å²) in [5.41, 5.74) is 5.35. The first-order valence-corrected chi connectivity index (χ1v) is 10.5. The van der Waals surface area contributed by atoms with Crippen LogP contribution in [0.4, 0.5) is 0 Å². The summed E-state index contributed by atoms with van der Waals surface area (Å²) in [5, 5.41) is 1.29. The Morgan fingerprint density at radius 1 is 0.857 bits per heavy atom. The molecule has 104 valence electrons. The fraction of sp³-hybridized carbons (Fsp3) is 0. The molecule has 0 radical (unpaired) electrons. The van der Waals surface area contributed by atoms with Crippen molar-refractivity contribution >= 4 is 71.5 Å². The van der Waals surface area contributed by atoms with Gasteiger partial charge in [0, 0.05) is 10.6 Å². The van der Waals surface area contributed by atoms with Gasteiger partial charge in [-0.15, -0.1) is 22.7 Å². The van der Waals surface area contributed by atoms with Crippen molar-refractivity contribution in [2.75, 3.05) is 0 Å². The number of rotatable bonds is 2. The summed E-state index contributed by atoms with van der Waals surface area (Å²) in [6.45, 7) is -3.13. The quantitative estimate of drug-likeness (QED) is 0.504. The van der Waals surface area contributed by atoms with E-state index in [1.807, 2.05) is 24.3 Å². The Morgan fingerprint density at radius 3 is 1.81 bits per heavy atom. The van der Waals surface area contributed by atoms with Gasteiger partial charge in [0.1, 0.15) is 0 Å². The molecule has 0 saturated carbocycles. The molecule has 0 bridgehead atoms. The summed E-state index contributed by atoms with van der Waals surface area (Å²) in [6.07, 6.45) is 0. The largest absolute Gasteiger partial charge is 0.296 e. The molecule has 0 saturated heterocycles. The maximum atomic E-state index is 13.1. The standard InChI is InChI=1S/C14H8ClN2OPS2/c15-19(18,9-1-3-11-13(5-9)20-7-16-11)10-2-4-12-14(6-10)21-8-17-12/h1-8H. The van der Waals surface area contributed by atoms with Crippen LogP contribution in [0.1, 0.15) is 0 Å². The fourth-order valence-electron chi connectivity index (χ4n) is 2.19. The summed E-state index contributed by atoms with van der Waals surface area (Å²) in [4.78, 5) is 8.46. The Balaban J connectivity index is 1.89. The highest BCUT2D eigenvalue weighted by Gasteiger charge is 2.25. The highest BCUT2D eigenvalue weighted by atomic mass is 35.7. The molecule has 0 amide bonds. The molecular weight excluding hydrogens is 343 g/mol. The van der Waals surface area contributed by atoms with Gasteiger partial charge in [0.2, 0.25) is 6.49 Å². The van der Waals surface area contributed by atoms with Crippen LogP contribution in [0.25, 0.3) is 20.4 Å². The Labute approximate surface area is 133 Å². The van der Waals surface area contributed by atoms with Crippen molar-refractivity contribution in [3.05, 3.63) is 47.4 Å². The molecule has 0 spiro atoms. The van der Waals surface area contributed by atoms with E-state index in [-0.39, 0.29) is 0 Å². The number of hydrogen-bond acceptors (Lipinski definition) is 5. The third-order valence-electron chi connectivity index (χ3n) is 3.29. The van der Waals surface area contributed by atoms with Gasteiger partial charge in [0.25, 0.3) is 0 Å². The number of thiazole rings is 2. The minimum Gasteiger partial charge on any atom is -0.296 e. The Morgan fingerprint density at radius 2 is 1.33 bits per heavy atom. The summed E-state index contributed by atoms with van der Waals surface area (Å²) in [6, 6.07) is 11.1. The number of hydrogen-bond donors (Lipinski definition) is 0. The van der Waals surface area contributed by atoms with E-state index in [0.717, 1.165) is 20.4 Å². The third kappa shape index (κ3) is 2.21. The highest BCUT2D eigenvalue weighted by molar-refractivity contribution is 8.00. The van der Waals surface area contributed by atoms with Crippen molar-refractivity contribution in [1.29, 1.82) is 0 Å². The molecule has 0 aliphatic heterocycles. The molecule has 7 heteroatoms. The molecular formula is C14H8ClN2OPS2. The molecule has 0 atom stereocenters. The summed E-state index contributed by atoms with van der Waals surface area (Å²) in [5.74, 6) is 0. The minimum absolute atomic E-state index is 0.643. The van der Waals surface area contributed by atoms with E-state index in [1.165, 1.54) is 22.7 Å². The van der Waals surface area contributed by atoms with Gasteiger partial charge in [0.05, 0.1) is 31.5 Å². The van der Waals surface area contributed by atoms with Gasteiger partial charge < -0.3 is 0 Å². The zero-order valence-electron chi connectivity index (χ0n) is 10.6. The zero-order chi connectivity index (χ0) is 14.4. The van der Waals surface area contributed by atoms with Gasteiger partial charge in [-0.3, -0.25) is 4.57 Å². The number of benzene rings is 2. The average Bonchev–Trinajstić information content (AvgIpc) is 3.14. The second kappa shape index (κ2) is 4.89. The van der Waals surface area contributed by atoms with Crippen molar-refractivity contribution in [2.24, 2.45) is 0 Å². The summed E-state index contributed by atoms with van der Waals surface area (Å²) in [7, 11) is 0. The first kappa shape index (κ1) is 13.4. The smallest absolute Gasteiger partial charge is 0.225 e. The van der Waals surface area contributed by atoms with Gasteiger partial charge in [-0.2, -0.15) is 0 Å². The molecule has 0 N–H and O–H groups in total. The van der Waals surface area contributed by atoms with Crippen LogP contribution in [0, 0.1) is 0 Å². The van der Waals surface area contributed by atoms with Crippen molar-refractivity contribution in [1.82, 2.24) is 9.97 Å². The molecule has 2 aromatic heterocycles. The Bertz CT molecular complexity index is 932. The van der Waals surface area contributed by atoms with Gasteiger partial charge in [-0.05, 0) is 47.6 Å². The second-order valence-corrected chi connectivity index (χ2v) is 9.84. The topological polar surface area (TPSA) is 42.9 Å². The zero-order valence-corrected chi connectivity index (χ0v) is 13.8. The van der Waals surface area contributed by atoms with Crippen LogP contribution < -0.4 is 10.6 Å². The SMILES string of the molecule is O=P(Cl)(c1ccc2ncsc2c1)c1ccc2ncsc2c1. The maximum Gasteiger partial charge on any atom is 0.225 e. The normalized spacial score (nSPS) is 12.2. The molecule has 0 unspecified atom stereocenters. The van der Waals surface area contributed by atoms with Crippen LogP contribution in [-0.4, -0.2) is 9.97 Å². The lowest BCUT2D eigenvalue weighted by molar-refractivity contribution is 0.595. The summed E-state index contributed by atoms with van der Waals surface area (Å²) < 4.78 is 15.1. The molecule has 4 rings (SSSR count). The van der Waals surface area contributed by atoms with E-state index in [0.29, 0.717) is 10.6 Å². The maximum absolute atomic E-state index is 13.1. The first-order valence-electron chi connectivity index (χ1n) is 6.12. The van der Waals surface area contributed by atoms with Crippen molar-refractivity contribution < 1.29 is 4.57 Å². The van der Waals surface area contributed by atoms with Gasteiger partial charge in [-0.1, -0.05) is 0 Å². The lowest BCUT2D eigenvalue weighted by Gasteiger charge is -2.11. The predicted molar refractivity (Wildman–Crippen MR) is 92.0 cm³/mol. The van der Waals surface area contributed by atoms with Crippen LogP contribution in [0.15, 0.2) is 47.4 Å². The molecule has 0 aliphatic rings. The minimum atomic E-state index is -3.13. The van der Waals surface area contributed by atoms with Crippen LogP contribution in [0.3, 0.4) is 0 Å². The molecule has 2 aromatic carbocycles. The van der Waals surface area contributed by atoms with Crippen molar-refractivity contribution in [2.45, 2.75) is 0 Å². The molecule has 2 heterocycles. The first-order chi connectivity index (χ1) is 10.1. The van der Waals surface area contributed by atoms with E-state index in [9.17, 15) is 4.57 Å². The number of halogens is 1. The van der Waals surface area contributed by atoms with E-state index >= 15 is 0 Å². The molecule has 3 nitrogen and oxygen atoms in total. The monoisotopic (exact) mass is 350 g/mol. The van der Waals surface area contributed by atoms with Gasteiger partial charge >= 0.3 is 0 Å². The molecule has 0 fully saturated rings. The van der Waals surface area contributed by atoms with E-state index < -0.39 is 6.49 Å². The number of fused-ring (bicyclic) bond motifs is 2. The van der Waals surface area contributed by atoms with E-state index in [2.05, 4.69) is 9.97 Å². The lowest BCUT2D eigenvalue weighted by atomic mass is 10.3. The van der Waals surface area contributed by atoms with E-state index in [4.69, 9.17) is 11.2 Å². The Hall–Kier alpha value is -1.26. The molecule has 21 heavy (non-hydrogen) atoms. The summed E-state index contributed by atoms with van der Waals surface area (Å²) >= 11 is 9.48. The van der Waals surface area contributed by atoms with Crippen LogP contribution in [-0.2, 0) is 4.57 Å². The van der Waals surface area contributed by atoms with Crippen LogP contribution in [0.2, 0.25) is 0 Å². The fourth-order valence-corrected chi connectivity index (χ4v) is 5.85.